The second-order valence-corrected chi connectivity index (χ2v) is 6.58. The van der Waals surface area contributed by atoms with Gasteiger partial charge in [-0.05, 0) is 53.9 Å². The molecule has 7 heteroatoms. The highest BCUT2D eigenvalue weighted by atomic mass is 35.5. The van der Waals surface area contributed by atoms with Crippen LogP contribution in [0.5, 0.6) is 5.75 Å². The van der Waals surface area contributed by atoms with Crippen molar-refractivity contribution in [1.82, 2.24) is 15.5 Å². The normalized spacial score (nSPS) is 10.4. The molecule has 28 heavy (non-hydrogen) atoms. The van der Waals surface area contributed by atoms with Crippen LogP contribution < -0.4 is 15.4 Å². The van der Waals surface area contributed by atoms with Gasteiger partial charge in [-0.1, -0.05) is 35.9 Å². The van der Waals surface area contributed by atoms with E-state index in [1.54, 1.807) is 31.4 Å². The summed E-state index contributed by atoms with van der Waals surface area (Å²) in [5.41, 5.74) is 2.40. The molecule has 2 aromatic carbocycles. The summed E-state index contributed by atoms with van der Waals surface area (Å²) in [6.07, 6.45) is 0.822. The van der Waals surface area contributed by atoms with E-state index in [9.17, 15) is 4.79 Å². The predicted octanol–water partition coefficient (Wildman–Crippen LogP) is 3.72. The Bertz CT molecular complexity index is 914. The molecule has 1 amide bonds. The lowest BCUT2D eigenvalue weighted by molar-refractivity contribution is 0.0945. The molecule has 2 N–H and O–H groups in total. The third-order valence-electron chi connectivity index (χ3n) is 4.12. The number of rotatable bonds is 8. The van der Waals surface area contributed by atoms with Gasteiger partial charge in [-0.3, -0.25) is 4.79 Å². The Hall–Kier alpha value is -3.12. The van der Waals surface area contributed by atoms with E-state index in [2.05, 4.69) is 20.8 Å². The zero-order valence-electron chi connectivity index (χ0n) is 15.5. The van der Waals surface area contributed by atoms with Crippen molar-refractivity contribution in [1.29, 1.82) is 0 Å². The quantitative estimate of drug-likeness (QED) is 0.606. The number of carbonyl (C=O) groups is 1. The summed E-state index contributed by atoms with van der Waals surface area (Å²) in [6.45, 7) is 1.10. The van der Waals surface area contributed by atoms with Gasteiger partial charge in [0, 0.05) is 18.1 Å². The fourth-order valence-electron chi connectivity index (χ4n) is 2.59. The average molecular weight is 397 g/mol. The van der Waals surface area contributed by atoms with Crippen LogP contribution in [0.1, 0.15) is 21.6 Å². The topological polar surface area (TPSA) is 76.1 Å². The first-order valence-electron chi connectivity index (χ1n) is 8.87. The first-order valence-corrected chi connectivity index (χ1v) is 9.25. The fourth-order valence-corrected chi connectivity index (χ4v) is 2.71. The molecule has 0 fully saturated rings. The number of hydrogen-bond acceptors (Lipinski definition) is 5. The van der Waals surface area contributed by atoms with Gasteiger partial charge in [0.2, 0.25) is 0 Å². The number of nitrogens with zero attached hydrogens (tertiary/aromatic N) is 2. The zero-order valence-corrected chi connectivity index (χ0v) is 16.2. The number of methoxy groups -OCH3 is 1. The molecular formula is C21H21ClN4O2. The minimum Gasteiger partial charge on any atom is -0.497 e. The Morgan fingerprint density at radius 3 is 2.57 bits per heavy atom. The van der Waals surface area contributed by atoms with Crippen molar-refractivity contribution < 1.29 is 9.53 Å². The second-order valence-electron chi connectivity index (χ2n) is 6.14. The van der Waals surface area contributed by atoms with Gasteiger partial charge in [-0.15, -0.1) is 10.2 Å². The van der Waals surface area contributed by atoms with Crippen molar-refractivity contribution >= 4 is 23.3 Å². The van der Waals surface area contributed by atoms with Gasteiger partial charge in [0.05, 0.1) is 7.11 Å². The van der Waals surface area contributed by atoms with E-state index in [1.165, 1.54) is 0 Å². The molecule has 0 aliphatic carbocycles. The molecule has 1 aromatic heterocycles. The Morgan fingerprint density at radius 1 is 1.04 bits per heavy atom. The number of halogens is 1. The van der Waals surface area contributed by atoms with Gasteiger partial charge in [0.15, 0.2) is 5.69 Å². The largest absolute Gasteiger partial charge is 0.497 e. The number of anilines is 1. The van der Waals surface area contributed by atoms with Crippen LogP contribution in [0.25, 0.3) is 0 Å². The van der Waals surface area contributed by atoms with Crippen molar-refractivity contribution in [2.45, 2.75) is 13.0 Å². The summed E-state index contributed by atoms with van der Waals surface area (Å²) >= 11 is 5.85. The summed E-state index contributed by atoms with van der Waals surface area (Å²) < 4.78 is 5.22. The van der Waals surface area contributed by atoms with Crippen molar-refractivity contribution in [3.05, 3.63) is 82.5 Å². The predicted molar refractivity (Wildman–Crippen MR) is 110 cm³/mol. The Morgan fingerprint density at radius 2 is 1.86 bits per heavy atom. The summed E-state index contributed by atoms with van der Waals surface area (Å²) in [6, 6.07) is 18.6. The van der Waals surface area contributed by atoms with Crippen molar-refractivity contribution in [2.75, 3.05) is 19.0 Å². The van der Waals surface area contributed by atoms with Crippen molar-refractivity contribution in [3.8, 4) is 5.75 Å². The molecule has 3 rings (SSSR count). The second kappa shape index (κ2) is 9.71. The third kappa shape index (κ3) is 5.69. The highest BCUT2D eigenvalue weighted by molar-refractivity contribution is 6.30. The highest BCUT2D eigenvalue weighted by Gasteiger charge is 2.08. The molecule has 1 heterocycles. The fraction of sp³-hybridized carbons (Fsp3) is 0.190. The lowest BCUT2D eigenvalue weighted by atomic mass is 10.1. The summed E-state index contributed by atoms with van der Waals surface area (Å²) in [7, 11) is 1.65. The highest BCUT2D eigenvalue weighted by Crippen LogP contribution is 2.13. The molecule has 0 aliphatic rings. The van der Waals surface area contributed by atoms with Gasteiger partial charge < -0.3 is 15.4 Å². The van der Waals surface area contributed by atoms with E-state index in [0.717, 1.165) is 23.3 Å². The van der Waals surface area contributed by atoms with Gasteiger partial charge in [0.1, 0.15) is 11.6 Å². The number of hydrogen-bond donors (Lipinski definition) is 2. The van der Waals surface area contributed by atoms with Crippen LogP contribution in [0.2, 0.25) is 5.02 Å². The molecule has 0 bridgehead atoms. The molecule has 0 saturated carbocycles. The Kier molecular flexibility index (Phi) is 6.81. The SMILES string of the molecule is COc1cccc(CCNc2ccc(C(=O)NCc3ccc(Cl)cc3)nn2)c1. The van der Waals surface area contributed by atoms with E-state index in [1.807, 2.05) is 36.4 Å². The number of nitrogens with one attached hydrogen (secondary N) is 2. The number of aromatic nitrogens is 2. The molecule has 0 aliphatic heterocycles. The maximum absolute atomic E-state index is 12.2. The van der Waals surface area contributed by atoms with Gasteiger partial charge >= 0.3 is 0 Å². The first-order chi connectivity index (χ1) is 13.6. The van der Waals surface area contributed by atoms with Crippen LogP contribution in [-0.4, -0.2) is 29.8 Å². The minimum absolute atomic E-state index is 0.271. The van der Waals surface area contributed by atoms with Gasteiger partial charge in [-0.2, -0.15) is 0 Å². The lowest BCUT2D eigenvalue weighted by Gasteiger charge is -2.08. The Balaban J connectivity index is 1.47. The molecule has 144 valence electrons. The van der Waals surface area contributed by atoms with E-state index in [0.29, 0.717) is 23.9 Å². The van der Waals surface area contributed by atoms with Gasteiger partial charge in [0.25, 0.3) is 5.91 Å². The number of carbonyl (C=O) groups excluding carboxylic acids is 1. The van der Waals surface area contributed by atoms with Crippen molar-refractivity contribution in [3.63, 3.8) is 0 Å². The number of benzene rings is 2. The molecular weight excluding hydrogens is 376 g/mol. The van der Waals surface area contributed by atoms with Crippen LogP contribution >= 0.6 is 11.6 Å². The maximum Gasteiger partial charge on any atom is 0.272 e. The van der Waals surface area contributed by atoms with Crippen LogP contribution in [0, 0.1) is 0 Å². The third-order valence-corrected chi connectivity index (χ3v) is 4.37. The molecule has 0 saturated heterocycles. The van der Waals surface area contributed by atoms with E-state index in [-0.39, 0.29) is 11.6 Å². The molecule has 0 unspecified atom stereocenters. The van der Waals surface area contributed by atoms with E-state index >= 15 is 0 Å². The van der Waals surface area contributed by atoms with E-state index < -0.39 is 0 Å². The van der Waals surface area contributed by atoms with Crippen LogP contribution in [0.3, 0.4) is 0 Å². The Labute approximate surface area is 168 Å². The maximum atomic E-state index is 12.2. The number of ether oxygens (including phenoxy) is 1. The lowest BCUT2D eigenvalue weighted by Crippen LogP contribution is -2.24. The summed E-state index contributed by atoms with van der Waals surface area (Å²) in [5.74, 6) is 1.19. The van der Waals surface area contributed by atoms with Gasteiger partial charge in [-0.25, -0.2) is 0 Å². The monoisotopic (exact) mass is 396 g/mol. The molecule has 0 spiro atoms. The molecule has 3 aromatic rings. The van der Waals surface area contributed by atoms with Crippen LogP contribution in [0.15, 0.2) is 60.7 Å². The summed E-state index contributed by atoms with van der Waals surface area (Å²) in [5, 5.41) is 14.7. The first kappa shape index (κ1) is 19.6. The number of amides is 1. The standard InChI is InChI=1S/C21H21ClN4O2/c1-28-18-4-2-3-15(13-18)11-12-23-20-10-9-19(25-26-20)21(27)24-14-16-5-7-17(22)8-6-16/h2-10,13H,11-12,14H2,1H3,(H,23,26)(H,24,27). The molecule has 0 radical (unpaired) electrons. The smallest absolute Gasteiger partial charge is 0.272 e. The molecule has 0 atom stereocenters. The minimum atomic E-state index is -0.273. The van der Waals surface area contributed by atoms with E-state index in [4.69, 9.17) is 16.3 Å². The van der Waals surface area contributed by atoms with Crippen molar-refractivity contribution in [2.24, 2.45) is 0 Å². The zero-order chi connectivity index (χ0) is 19.8. The van der Waals surface area contributed by atoms with Crippen LogP contribution in [0.4, 0.5) is 5.82 Å². The average Bonchev–Trinajstić information content (AvgIpc) is 2.74. The molecule has 6 nitrogen and oxygen atoms in total. The summed E-state index contributed by atoms with van der Waals surface area (Å²) in [4.78, 5) is 12.2. The van der Waals surface area contributed by atoms with Crippen LogP contribution in [-0.2, 0) is 13.0 Å².